The summed E-state index contributed by atoms with van der Waals surface area (Å²) in [7, 11) is 0. The van der Waals surface area contributed by atoms with Gasteiger partial charge in [0, 0.05) is 6.07 Å². The highest BCUT2D eigenvalue weighted by Crippen LogP contribution is 2.26. The molecule has 1 aromatic carbocycles. The Bertz CT molecular complexity index is 367. The van der Waals surface area contributed by atoms with Crippen molar-refractivity contribution in [1.82, 2.24) is 0 Å². The van der Waals surface area contributed by atoms with Gasteiger partial charge in [0.15, 0.2) is 5.69 Å². The van der Waals surface area contributed by atoms with E-state index in [4.69, 9.17) is 12.3 Å². The lowest BCUT2D eigenvalue weighted by molar-refractivity contribution is -0.383. The van der Waals surface area contributed by atoms with Crippen LogP contribution < -0.4 is 5.73 Å². The van der Waals surface area contributed by atoms with Gasteiger partial charge in [-0.1, -0.05) is 6.07 Å². The smallest absolute Gasteiger partial charge is 0.281 e. The van der Waals surface area contributed by atoms with Crippen LogP contribution in [0.5, 0.6) is 0 Å². The highest BCUT2D eigenvalue weighted by atomic mass is 16.6. The Morgan fingerprint density at radius 3 is 2.75 bits per heavy atom. The first-order chi connectivity index (χ1) is 5.65. The molecule has 0 fully saturated rings. The second-order valence-corrected chi connectivity index (χ2v) is 2.11. The van der Waals surface area contributed by atoms with Crippen LogP contribution in [-0.4, -0.2) is 4.92 Å². The summed E-state index contributed by atoms with van der Waals surface area (Å²) in [5, 5.41) is 10.3. The van der Waals surface area contributed by atoms with Gasteiger partial charge in [-0.15, -0.1) is 0 Å². The molecule has 0 amide bonds. The molecule has 12 heavy (non-hydrogen) atoms. The first-order valence-electron chi connectivity index (χ1n) is 3.06. The molecule has 0 spiro atoms. The van der Waals surface area contributed by atoms with E-state index in [2.05, 4.69) is 4.85 Å². The number of nitrogen functional groups attached to an aromatic ring is 1. The number of anilines is 1. The Hall–Kier alpha value is -2.09. The average molecular weight is 163 g/mol. The zero-order chi connectivity index (χ0) is 9.14. The van der Waals surface area contributed by atoms with E-state index in [1.165, 1.54) is 12.1 Å². The SMILES string of the molecule is [C-]#[N+]c1ccc(N)c([N+](=O)[O-])c1. The van der Waals surface area contributed by atoms with Crippen molar-refractivity contribution in [2.75, 3.05) is 5.73 Å². The minimum Gasteiger partial charge on any atom is -0.393 e. The summed E-state index contributed by atoms with van der Waals surface area (Å²) < 4.78 is 0. The van der Waals surface area contributed by atoms with Crippen LogP contribution in [-0.2, 0) is 0 Å². The van der Waals surface area contributed by atoms with E-state index in [0.29, 0.717) is 0 Å². The van der Waals surface area contributed by atoms with Gasteiger partial charge in [0.25, 0.3) is 5.69 Å². The van der Waals surface area contributed by atoms with Crippen molar-refractivity contribution in [2.24, 2.45) is 0 Å². The maximum Gasteiger partial charge on any atom is 0.281 e. The lowest BCUT2D eigenvalue weighted by Crippen LogP contribution is -1.94. The van der Waals surface area contributed by atoms with E-state index in [9.17, 15) is 10.1 Å². The fourth-order valence-corrected chi connectivity index (χ4v) is 0.760. The van der Waals surface area contributed by atoms with Crippen molar-refractivity contribution in [2.45, 2.75) is 0 Å². The molecule has 5 heteroatoms. The topological polar surface area (TPSA) is 73.5 Å². The predicted octanol–water partition coefficient (Wildman–Crippen LogP) is 1.73. The molecular formula is C7H5N3O2. The van der Waals surface area contributed by atoms with Crippen LogP contribution in [0.2, 0.25) is 0 Å². The number of hydrogen-bond acceptors (Lipinski definition) is 3. The highest BCUT2D eigenvalue weighted by Gasteiger charge is 2.10. The van der Waals surface area contributed by atoms with Gasteiger partial charge in [0.2, 0.25) is 0 Å². The lowest BCUT2D eigenvalue weighted by atomic mass is 10.2. The number of hydrogen-bond donors (Lipinski definition) is 1. The van der Waals surface area contributed by atoms with Crippen molar-refractivity contribution in [3.63, 3.8) is 0 Å². The summed E-state index contributed by atoms with van der Waals surface area (Å²) in [4.78, 5) is 12.8. The van der Waals surface area contributed by atoms with Gasteiger partial charge in [0.1, 0.15) is 5.69 Å². The Balaban J connectivity index is 3.28. The van der Waals surface area contributed by atoms with Crippen LogP contribution in [0.25, 0.3) is 4.85 Å². The number of nitro benzene ring substituents is 1. The molecule has 0 bridgehead atoms. The van der Waals surface area contributed by atoms with Crippen LogP contribution in [0, 0.1) is 16.7 Å². The summed E-state index contributed by atoms with van der Waals surface area (Å²) in [6.45, 7) is 6.61. The van der Waals surface area contributed by atoms with E-state index in [0.717, 1.165) is 6.07 Å². The Kier molecular flexibility index (Phi) is 1.92. The summed E-state index contributed by atoms with van der Waals surface area (Å²) in [6.07, 6.45) is 0. The molecule has 60 valence electrons. The van der Waals surface area contributed by atoms with Gasteiger partial charge in [-0.25, -0.2) is 4.85 Å². The van der Waals surface area contributed by atoms with Crippen LogP contribution >= 0.6 is 0 Å². The van der Waals surface area contributed by atoms with Gasteiger partial charge in [-0.05, 0) is 6.07 Å². The fraction of sp³-hybridized carbons (Fsp3) is 0. The number of nitrogens with two attached hydrogens (primary N) is 1. The summed E-state index contributed by atoms with van der Waals surface area (Å²) in [5.41, 5.74) is 5.38. The van der Waals surface area contributed by atoms with E-state index >= 15 is 0 Å². The third-order valence-corrected chi connectivity index (χ3v) is 1.34. The quantitative estimate of drug-likeness (QED) is 0.296. The predicted molar refractivity (Wildman–Crippen MR) is 43.8 cm³/mol. The molecule has 2 N–H and O–H groups in total. The molecule has 5 nitrogen and oxygen atoms in total. The summed E-state index contributed by atoms with van der Waals surface area (Å²) in [5.74, 6) is 0. The first kappa shape index (κ1) is 8.01. The first-order valence-corrected chi connectivity index (χ1v) is 3.06. The molecule has 0 saturated carbocycles. The molecule has 1 rings (SSSR count). The second kappa shape index (κ2) is 2.88. The maximum absolute atomic E-state index is 10.3. The van der Waals surface area contributed by atoms with Gasteiger partial charge >= 0.3 is 0 Å². The van der Waals surface area contributed by atoms with Crippen LogP contribution in [0.4, 0.5) is 17.1 Å². The number of rotatable bonds is 1. The van der Waals surface area contributed by atoms with Crippen LogP contribution in [0.3, 0.4) is 0 Å². The largest absolute Gasteiger partial charge is 0.393 e. The zero-order valence-electron chi connectivity index (χ0n) is 6.02. The molecule has 1 aromatic rings. The number of nitro groups is 1. The van der Waals surface area contributed by atoms with Crippen molar-refractivity contribution in [3.05, 3.63) is 39.7 Å². The minimum atomic E-state index is -0.607. The third kappa shape index (κ3) is 1.32. The Morgan fingerprint density at radius 1 is 1.58 bits per heavy atom. The van der Waals surface area contributed by atoms with Gasteiger partial charge in [0.05, 0.1) is 11.5 Å². The van der Waals surface area contributed by atoms with Gasteiger partial charge in [-0.3, -0.25) is 10.1 Å². The third-order valence-electron chi connectivity index (χ3n) is 1.34. The van der Waals surface area contributed by atoms with Crippen molar-refractivity contribution >= 4 is 17.1 Å². The van der Waals surface area contributed by atoms with E-state index in [-0.39, 0.29) is 17.1 Å². The molecule has 0 aromatic heterocycles. The summed E-state index contributed by atoms with van der Waals surface area (Å²) >= 11 is 0. The molecule has 0 atom stereocenters. The zero-order valence-corrected chi connectivity index (χ0v) is 6.02. The average Bonchev–Trinajstić information content (AvgIpc) is 2.05. The monoisotopic (exact) mass is 163 g/mol. The van der Waals surface area contributed by atoms with Crippen LogP contribution in [0.1, 0.15) is 0 Å². The maximum atomic E-state index is 10.3. The van der Waals surface area contributed by atoms with Crippen molar-refractivity contribution in [3.8, 4) is 0 Å². The number of benzene rings is 1. The van der Waals surface area contributed by atoms with Gasteiger partial charge < -0.3 is 5.73 Å². The molecule has 0 radical (unpaired) electrons. The molecular weight excluding hydrogens is 158 g/mol. The Morgan fingerprint density at radius 2 is 2.25 bits per heavy atom. The molecule has 0 saturated heterocycles. The minimum absolute atomic E-state index is 0.0763. The van der Waals surface area contributed by atoms with Crippen molar-refractivity contribution < 1.29 is 4.92 Å². The molecule has 0 aliphatic rings. The normalized spacial score (nSPS) is 8.92. The van der Waals surface area contributed by atoms with Gasteiger partial charge in [-0.2, -0.15) is 0 Å². The van der Waals surface area contributed by atoms with E-state index in [1.807, 2.05) is 0 Å². The van der Waals surface area contributed by atoms with Crippen LogP contribution in [0.15, 0.2) is 18.2 Å². The van der Waals surface area contributed by atoms with E-state index in [1.54, 1.807) is 0 Å². The molecule has 0 aliphatic heterocycles. The highest BCUT2D eigenvalue weighted by molar-refractivity contribution is 5.65. The second-order valence-electron chi connectivity index (χ2n) is 2.11. The molecule has 0 aliphatic carbocycles. The number of nitrogens with zero attached hydrogens (tertiary/aromatic N) is 2. The standard InChI is InChI=1S/C7H5N3O2/c1-9-5-2-3-6(8)7(4-5)10(11)12/h2-4H,8H2. The Labute approximate surface area is 68.4 Å². The summed E-state index contributed by atoms with van der Waals surface area (Å²) in [6, 6.07) is 3.95. The van der Waals surface area contributed by atoms with Crippen molar-refractivity contribution in [1.29, 1.82) is 0 Å². The molecule has 0 heterocycles. The van der Waals surface area contributed by atoms with E-state index < -0.39 is 4.92 Å². The fourth-order valence-electron chi connectivity index (χ4n) is 0.760. The molecule has 0 unspecified atom stereocenters. The lowest BCUT2D eigenvalue weighted by Gasteiger charge is -1.95.